The molecular weight excluding hydrogens is 274 g/mol. The van der Waals surface area contributed by atoms with Crippen LogP contribution >= 0.6 is 0 Å². The van der Waals surface area contributed by atoms with Crippen molar-refractivity contribution < 1.29 is 4.79 Å². The van der Waals surface area contributed by atoms with E-state index < -0.39 is 0 Å². The van der Waals surface area contributed by atoms with Gasteiger partial charge in [0.2, 0.25) is 0 Å². The normalized spacial score (nSPS) is 11.9. The number of carbonyl (C=O) groups is 1. The second-order valence-corrected chi connectivity index (χ2v) is 5.03. The lowest BCUT2D eigenvalue weighted by atomic mass is 10.1. The monoisotopic (exact) mass is 291 g/mol. The third-order valence-electron chi connectivity index (χ3n) is 3.57. The molecule has 0 N–H and O–H groups in total. The van der Waals surface area contributed by atoms with Crippen LogP contribution in [0.4, 0.5) is 11.4 Å². The van der Waals surface area contributed by atoms with Gasteiger partial charge in [-0.2, -0.15) is 0 Å². The van der Waals surface area contributed by atoms with E-state index in [1.807, 2.05) is 72.5 Å². The molecule has 0 spiro atoms. The third kappa shape index (κ3) is 2.76. The number of para-hydroxylation sites is 2. The Morgan fingerprint density at radius 1 is 1.00 bits per heavy atom. The van der Waals surface area contributed by atoms with Crippen LogP contribution in [0.5, 0.6) is 0 Å². The van der Waals surface area contributed by atoms with Gasteiger partial charge in [-0.25, -0.2) is 4.98 Å². The summed E-state index contributed by atoms with van der Waals surface area (Å²) in [5.74, 6) is -0.0230. The quantitative estimate of drug-likeness (QED) is 0.734. The first-order valence-electron chi connectivity index (χ1n) is 7.19. The molecule has 4 heteroatoms. The Bertz CT molecular complexity index is 684. The zero-order chi connectivity index (χ0) is 15.4. The molecule has 0 bridgehead atoms. The number of rotatable bonds is 4. The Morgan fingerprint density at radius 2 is 1.55 bits per heavy atom. The molecule has 0 amide bonds. The van der Waals surface area contributed by atoms with Crippen molar-refractivity contribution in [3.05, 3.63) is 79.4 Å². The van der Waals surface area contributed by atoms with Crippen molar-refractivity contribution in [1.82, 2.24) is 9.55 Å². The van der Waals surface area contributed by atoms with Gasteiger partial charge in [0.05, 0.1) is 0 Å². The number of nitrogens with zero attached hydrogens (tertiary/aromatic N) is 3. The molecule has 1 heterocycles. The van der Waals surface area contributed by atoms with E-state index in [1.54, 1.807) is 12.4 Å². The molecule has 0 saturated heterocycles. The van der Waals surface area contributed by atoms with Gasteiger partial charge in [-0.3, -0.25) is 9.36 Å². The molecule has 4 nitrogen and oxygen atoms in total. The molecule has 22 heavy (non-hydrogen) atoms. The highest BCUT2D eigenvalue weighted by molar-refractivity contribution is 5.89. The van der Waals surface area contributed by atoms with Crippen LogP contribution < -0.4 is 4.90 Å². The first kappa shape index (κ1) is 14.1. The summed E-state index contributed by atoms with van der Waals surface area (Å²) in [4.78, 5) is 18.7. The van der Waals surface area contributed by atoms with Gasteiger partial charge in [0, 0.05) is 23.8 Å². The predicted octanol–water partition coefficient (Wildman–Crippen LogP) is 3.75. The summed E-state index contributed by atoms with van der Waals surface area (Å²) in [5, 5.41) is 0. The fourth-order valence-electron chi connectivity index (χ4n) is 2.49. The molecule has 0 saturated carbocycles. The highest BCUT2D eigenvalue weighted by Crippen LogP contribution is 2.28. The van der Waals surface area contributed by atoms with Crippen molar-refractivity contribution in [1.29, 1.82) is 0 Å². The summed E-state index contributed by atoms with van der Waals surface area (Å²) in [6.45, 7) is 1.91. The van der Waals surface area contributed by atoms with E-state index in [0.29, 0.717) is 0 Å². The zero-order valence-corrected chi connectivity index (χ0v) is 12.3. The first-order valence-corrected chi connectivity index (χ1v) is 7.19. The summed E-state index contributed by atoms with van der Waals surface area (Å²) in [6.07, 6.45) is 4.82. The highest BCUT2D eigenvalue weighted by atomic mass is 16.2. The summed E-state index contributed by atoms with van der Waals surface area (Å²) < 4.78 is 1.52. The minimum atomic E-state index is -0.348. The maximum Gasteiger partial charge on any atom is 0.254 e. The maximum atomic E-state index is 12.7. The molecule has 2 aromatic carbocycles. The van der Waals surface area contributed by atoms with Crippen LogP contribution in [0.15, 0.2) is 79.4 Å². The summed E-state index contributed by atoms with van der Waals surface area (Å²) in [6, 6.07) is 19.5. The molecule has 1 aromatic heterocycles. The molecule has 0 aliphatic rings. The van der Waals surface area contributed by atoms with Gasteiger partial charge < -0.3 is 4.90 Å². The van der Waals surface area contributed by atoms with Crippen LogP contribution in [0.1, 0.15) is 11.7 Å². The zero-order valence-electron chi connectivity index (χ0n) is 12.3. The van der Waals surface area contributed by atoms with E-state index in [0.717, 1.165) is 11.4 Å². The third-order valence-corrected chi connectivity index (χ3v) is 3.57. The van der Waals surface area contributed by atoms with E-state index in [9.17, 15) is 4.79 Å². The van der Waals surface area contributed by atoms with Gasteiger partial charge in [-0.1, -0.05) is 36.4 Å². The SMILES string of the molecule is CC(C(=O)n1ccnc1)N(c1ccccc1)c1ccccc1. The van der Waals surface area contributed by atoms with Gasteiger partial charge in [0.15, 0.2) is 0 Å². The lowest BCUT2D eigenvalue weighted by Crippen LogP contribution is -2.38. The van der Waals surface area contributed by atoms with Crippen molar-refractivity contribution in [2.24, 2.45) is 0 Å². The van der Waals surface area contributed by atoms with Gasteiger partial charge in [-0.05, 0) is 31.2 Å². The molecule has 1 atom stereocenters. The van der Waals surface area contributed by atoms with Crippen LogP contribution in [0.25, 0.3) is 0 Å². The van der Waals surface area contributed by atoms with Crippen LogP contribution in [0, 0.1) is 0 Å². The molecule has 3 aromatic rings. The van der Waals surface area contributed by atoms with Gasteiger partial charge >= 0.3 is 0 Å². The van der Waals surface area contributed by atoms with Crippen molar-refractivity contribution >= 4 is 17.3 Å². The smallest absolute Gasteiger partial charge is 0.254 e. The minimum absolute atomic E-state index is 0.0230. The number of benzene rings is 2. The molecular formula is C18H17N3O. The van der Waals surface area contributed by atoms with Crippen molar-refractivity contribution in [3.63, 3.8) is 0 Å². The number of hydrogen-bond donors (Lipinski definition) is 0. The fraction of sp³-hybridized carbons (Fsp3) is 0.111. The van der Waals surface area contributed by atoms with Gasteiger partial charge in [-0.15, -0.1) is 0 Å². The van der Waals surface area contributed by atoms with Gasteiger partial charge in [0.1, 0.15) is 12.4 Å². The van der Waals surface area contributed by atoms with Crippen molar-refractivity contribution in [2.45, 2.75) is 13.0 Å². The summed E-state index contributed by atoms with van der Waals surface area (Å²) >= 11 is 0. The molecule has 1 unspecified atom stereocenters. The largest absolute Gasteiger partial charge is 0.329 e. The van der Waals surface area contributed by atoms with Crippen LogP contribution in [0.2, 0.25) is 0 Å². The Labute approximate surface area is 129 Å². The average molecular weight is 291 g/mol. The Kier molecular flexibility index (Phi) is 4.01. The number of anilines is 2. The molecule has 110 valence electrons. The van der Waals surface area contributed by atoms with E-state index in [2.05, 4.69) is 4.98 Å². The van der Waals surface area contributed by atoms with E-state index in [-0.39, 0.29) is 11.9 Å². The fourth-order valence-corrected chi connectivity index (χ4v) is 2.49. The lowest BCUT2D eigenvalue weighted by molar-refractivity contribution is 0.0886. The standard InChI is InChI=1S/C18H17N3O/c1-15(18(22)20-13-12-19-14-20)21(16-8-4-2-5-9-16)17-10-6-3-7-11-17/h2-15H,1H3. The van der Waals surface area contributed by atoms with Gasteiger partial charge in [0.25, 0.3) is 5.91 Å². The maximum absolute atomic E-state index is 12.7. The molecule has 0 radical (unpaired) electrons. The van der Waals surface area contributed by atoms with Crippen molar-refractivity contribution in [3.8, 4) is 0 Å². The number of hydrogen-bond acceptors (Lipinski definition) is 3. The van der Waals surface area contributed by atoms with E-state index in [4.69, 9.17) is 0 Å². The topological polar surface area (TPSA) is 38.1 Å². The number of imidazole rings is 1. The molecule has 3 rings (SSSR count). The molecule has 0 aliphatic carbocycles. The second kappa shape index (κ2) is 6.26. The van der Waals surface area contributed by atoms with Crippen molar-refractivity contribution in [2.75, 3.05) is 4.90 Å². The van der Waals surface area contributed by atoms with Crippen LogP contribution in [0.3, 0.4) is 0 Å². The second-order valence-electron chi connectivity index (χ2n) is 5.03. The molecule has 0 aliphatic heterocycles. The Hall–Kier alpha value is -2.88. The number of carbonyl (C=O) groups excluding carboxylic acids is 1. The number of aromatic nitrogens is 2. The summed E-state index contributed by atoms with van der Waals surface area (Å²) in [7, 11) is 0. The van der Waals surface area contributed by atoms with Crippen LogP contribution in [-0.4, -0.2) is 21.5 Å². The summed E-state index contributed by atoms with van der Waals surface area (Å²) in [5.41, 5.74) is 1.96. The predicted molar refractivity (Wildman–Crippen MR) is 87.3 cm³/mol. The Balaban J connectivity index is 2.00. The van der Waals surface area contributed by atoms with Crippen LogP contribution in [-0.2, 0) is 0 Å². The Morgan fingerprint density at radius 3 is 2.00 bits per heavy atom. The minimum Gasteiger partial charge on any atom is -0.329 e. The lowest BCUT2D eigenvalue weighted by Gasteiger charge is -2.30. The highest BCUT2D eigenvalue weighted by Gasteiger charge is 2.24. The van der Waals surface area contributed by atoms with E-state index in [1.165, 1.54) is 10.9 Å². The first-order chi connectivity index (χ1) is 10.8. The molecule has 0 fully saturated rings. The average Bonchev–Trinajstić information content (AvgIpc) is 3.11. The van der Waals surface area contributed by atoms with E-state index >= 15 is 0 Å².